The number of nitrogens with one attached hydrogen (secondary N) is 1. The number of rotatable bonds is 9. The van der Waals surface area contributed by atoms with Gasteiger partial charge in [-0.3, -0.25) is 0 Å². The van der Waals surface area contributed by atoms with Crippen molar-refractivity contribution in [2.45, 2.75) is 38.8 Å². The van der Waals surface area contributed by atoms with E-state index in [9.17, 15) is 0 Å². The second kappa shape index (κ2) is 9.71. The fraction of sp³-hybridized carbons (Fsp3) is 0.435. The van der Waals surface area contributed by atoms with Gasteiger partial charge in [-0.1, -0.05) is 44.2 Å². The van der Waals surface area contributed by atoms with Crippen LogP contribution in [0.3, 0.4) is 0 Å². The minimum absolute atomic E-state index is 0.0617. The van der Waals surface area contributed by atoms with Gasteiger partial charge in [0.15, 0.2) is 17.5 Å². The van der Waals surface area contributed by atoms with Gasteiger partial charge in [0.1, 0.15) is 0 Å². The third-order valence-electron chi connectivity index (χ3n) is 5.39. The van der Waals surface area contributed by atoms with Gasteiger partial charge in [-0.2, -0.15) is 0 Å². The first-order valence-electron chi connectivity index (χ1n) is 10.3. The molecule has 160 valence electrons. The molecule has 0 bridgehead atoms. The van der Waals surface area contributed by atoms with Crippen molar-refractivity contribution in [3.8, 4) is 11.5 Å². The van der Waals surface area contributed by atoms with Crippen LogP contribution in [0.1, 0.15) is 48.3 Å². The monoisotopic (exact) mass is 410 g/mol. The molecule has 0 aliphatic carbocycles. The number of aromatic nitrogens is 4. The Bertz CT molecular complexity index is 950. The van der Waals surface area contributed by atoms with Crippen LogP contribution in [-0.2, 0) is 13.0 Å². The van der Waals surface area contributed by atoms with Gasteiger partial charge < -0.3 is 14.4 Å². The molecule has 7 nitrogen and oxygen atoms in total. The van der Waals surface area contributed by atoms with E-state index in [4.69, 9.17) is 9.47 Å². The van der Waals surface area contributed by atoms with E-state index in [1.807, 2.05) is 22.9 Å². The molecule has 0 spiro atoms. The van der Waals surface area contributed by atoms with Crippen LogP contribution in [0.25, 0.3) is 0 Å². The Morgan fingerprint density at radius 1 is 0.933 bits per heavy atom. The van der Waals surface area contributed by atoms with E-state index >= 15 is 0 Å². The largest absolute Gasteiger partial charge is 0.493 e. The van der Waals surface area contributed by atoms with Crippen LogP contribution < -0.4 is 14.4 Å². The van der Waals surface area contributed by atoms with E-state index in [1.165, 1.54) is 16.0 Å². The molecule has 0 aliphatic rings. The molecular weight excluding hydrogens is 378 g/mol. The van der Waals surface area contributed by atoms with Crippen molar-refractivity contribution in [2.75, 3.05) is 28.3 Å². The molecule has 0 saturated carbocycles. The first-order chi connectivity index (χ1) is 14.4. The normalized spacial score (nSPS) is 12.4. The Balaban J connectivity index is 1.82. The van der Waals surface area contributed by atoms with Gasteiger partial charge in [-0.25, -0.2) is 4.68 Å². The summed E-state index contributed by atoms with van der Waals surface area (Å²) in [6, 6.07) is 14.8. The van der Waals surface area contributed by atoms with E-state index < -0.39 is 0 Å². The highest BCUT2D eigenvalue weighted by Gasteiger charge is 2.27. The number of aryl methyl sites for hydroxylation is 2. The van der Waals surface area contributed by atoms with Crippen molar-refractivity contribution >= 4 is 0 Å². The van der Waals surface area contributed by atoms with E-state index in [0.717, 1.165) is 29.3 Å². The van der Waals surface area contributed by atoms with Crippen LogP contribution in [0.15, 0.2) is 42.5 Å². The van der Waals surface area contributed by atoms with Crippen molar-refractivity contribution < 1.29 is 14.4 Å². The maximum atomic E-state index is 5.42. The minimum Gasteiger partial charge on any atom is -0.493 e. The summed E-state index contributed by atoms with van der Waals surface area (Å²) in [6.07, 6.45) is 0.792. The number of quaternary nitrogens is 1. The molecule has 0 unspecified atom stereocenters. The molecule has 3 rings (SSSR count). The van der Waals surface area contributed by atoms with E-state index in [0.29, 0.717) is 12.5 Å². The van der Waals surface area contributed by atoms with Crippen LogP contribution >= 0.6 is 0 Å². The van der Waals surface area contributed by atoms with Crippen LogP contribution in [0.2, 0.25) is 0 Å². The topological polar surface area (TPSA) is 66.5 Å². The lowest BCUT2D eigenvalue weighted by atomic mass is 9.98. The van der Waals surface area contributed by atoms with Crippen molar-refractivity contribution in [3.05, 3.63) is 65.0 Å². The Morgan fingerprint density at radius 2 is 1.60 bits per heavy atom. The van der Waals surface area contributed by atoms with Crippen LogP contribution in [0, 0.1) is 0 Å². The van der Waals surface area contributed by atoms with E-state index in [2.05, 4.69) is 67.7 Å². The maximum absolute atomic E-state index is 5.42. The number of nitrogens with zero attached hydrogens (tertiary/aromatic N) is 4. The lowest BCUT2D eigenvalue weighted by Crippen LogP contribution is -3.06. The zero-order chi connectivity index (χ0) is 21.7. The van der Waals surface area contributed by atoms with Crippen LogP contribution in [-0.4, -0.2) is 48.5 Å². The third-order valence-corrected chi connectivity index (χ3v) is 5.39. The molecule has 1 N–H and O–H groups in total. The number of tetrazole rings is 1. The van der Waals surface area contributed by atoms with Gasteiger partial charge in [0.05, 0.1) is 28.3 Å². The molecule has 0 radical (unpaired) electrons. The first-order valence-corrected chi connectivity index (χ1v) is 10.3. The number of benzene rings is 2. The van der Waals surface area contributed by atoms with Gasteiger partial charge in [0.2, 0.25) is 5.82 Å². The number of hydrogen-bond acceptors (Lipinski definition) is 5. The van der Waals surface area contributed by atoms with E-state index in [-0.39, 0.29) is 6.04 Å². The summed E-state index contributed by atoms with van der Waals surface area (Å²) in [4.78, 5) is 1.26. The van der Waals surface area contributed by atoms with Crippen molar-refractivity contribution in [1.82, 2.24) is 20.2 Å². The summed E-state index contributed by atoms with van der Waals surface area (Å²) >= 11 is 0. The fourth-order valence-corrected chi connectivity index (χ4v) is 3.66. The number of ether oxygens (including phenoxy) is 2. The Hall–Kier alpha value is -2.93. The standard InChI is InChI=1S/C23H31N5O2/c1-16(2)18-8-10-19(11-9-18)22(27(3)4)23-24-25-26-28(23)14-13-17-7-12-20(29-5)21(15-17)30-6/h7-12,15-16,22H,13-14H2,1-6H3/p+1/t22-/m0/s1. The Kier molecular flexibility index (Phi) is 7.05. The Labute approximate surface area is 178 Å². The summed E-state index contributed by atoms with van der Waals surface area (Å²) < 4.78 is 12.6. The molecule has 0 fully saturated rings. The van der Waals surface area contributed by atoms with Gasteiger partial charge in [0.25, 0.3) is 0 Å². The molecule has 1 aromatic heterocycles. The average Bonchev–Trinajstić information content (AvgIpc) is 3.20. The molecule has 1 atom stereocenters. The molecule has 1 heterocycles. The van der Waals surface area contributed by atoms with Crippen LogP contribution in [0.5, 0.6) is 11.5 Å². The number of hydrogen-bond donors (Lipinski definition) is 1. The second-order valence-electron chi connectivity index (χ2n) is 8.03. The molecule has 0 amide bonds. The average molecular weight is 411 g/mol. The summed E-state index contributed by atoms with van der Waals surface area (Å²) in [6.45, 7) is 5.10. The van der Waals surface area contributed by atoms with Crippen molar-refractivity contribution in [1.29, 1.82) is 0 Å². The highest BCUT2D eigenvalue weighted by molar-refractivity contribution is 5.42. The molecule has 30 heavy (non-hydrogen) atoms. The van der Waals surface area contributed by atoms with Crippen molar-refractivity contribution in [2.24, 2.45) is 0 Å². The highest BCUT2D eigenvalue weighted by Crippen LogP contribution is 2.28. The summed E-state index contributed by atoms with van der Waals surface area (Å²) in [5.41, 5.74) is 3.69. The fourth-order valence-electron chi connectivity index (χ4n) is 3.66. The number of methoxy groups -OCH3 is 2. The van der Waals surface area contributed by atoms with Gasteiger partial charge in [0, 0.05) is 12.1 Å². The molecule has 0 aliphatic heterocycles. The SMILES string of the molecule is COc1ccc(CCn2nnnc2[C@H](c2ccc(C(C)C)cc2)[NH+](C)C)cc1OC. The summed E-state index contributed by atoms with van der Waals surface area (Å²) in [7, 11) is 7.56. The lowest BCUT2D eigenvalue weighted by molar-refractivity contribution is -0.886. The molecule has 2 aromatic carbocycles. The Morgan fingerprint density at radius 3 is 2.20 bits per heavy atom. The summed E-state index contributed by atoms with van der Waals surface area (Å²) in [5, 5.41) is 12.6. The molecule has 3 aromatic rings. The van der Waals surface area contributed by atoms with Crippen molar-refractivity contribution in [3.63, 3.8) is 0 Å². The quantitative estimate of drug-likeness (QED) is 0.586. The summed E-state index contributed by atoms with van der Waals surface area (Å²) in [5.74, 6) is 2.84. The zero-order valence-electron chi connectivity index (χ0n) is 18.7. The maximum Gasteiger partial charge on any atom is 0.214 e. The smallest absolute Gasteiger partial charge is 0.214 e. The zero-order valence-corrected chi connectivity index (χ0v) is 18.7. The molecule has 7 heteroatoms. The predicted octanol–water partition coefficient (Wildman–Crippen LogP) is 2.29. The molecule has 0 saturated heterocycles. The third kappa shape index (κ3) is 4.79. The highest BCUT2D eigenvalue weighted by atomic mass is 16.5. The first kappa shape index (κ1) is 21.8. The lowest BCUT2D eigenvalue weighted by Gasteiger charge is -2.21. The van der Waals surface area contributed by atoms with E-state index in [1.54, 1.807) is 14.2 Å². The van der Waals surface area contributed by atoms with Gasteiger partial charge >= 0.3 is 0 Å². The second-order valence-corrected chi connectivity index (χ2v) is 8.03. The van der Waals surface area contributed by atoms with Gasteiger partial charge in [-0.15, -0.1) is 5.10 Å². The van der Waals surface area contributed by atoms with Gasteiger partial charge in [-0.05, 0) is 46.0 Å². The minimum atomic E-state index is 0.0617. The predicted molar refractivity (Wildman–Crippen MR) is 116 cm³/mol. The van der Waals surface area contributed by atoms with Crippen LogP contribution in [0.4, 0.5) is 0 Å². The molecular formula is C23H32N5O2+.